The summed E-state index contributed by atoms with van der Waals surface area (Å²) in [6, 6.07) is 16.4. The van der Waals surface area contributed by atoms with E-state index < -0.39 is 21.7 Å². The highest BCUT2D eigenvalue weighted by Gasteiger charge is 2.46. The molecule has 8 rings (SSSR count). The molecule has 2 saturated carbocycles. The number of ether oxygens (including phenoxy) is 1. The Morgan fingerprint density at radius 3 is 2.17 bits per heavy atom. The molecule has 2 aliphatic heterocycles. The van der Waals surface area contributed by atoms with Crippen LogP contribution in [-0.2, 0) is 21.4 Å². The number of rotatable bonds is 19. The third kappa shape index (κ3) is 9.08. The number of carbonyl (C=O) groups is 3. The molecular weight excluding hydrogens is 818 g/mol. The van der Waals surface area contributed by atoms with Crippen molar-refractivity contribution in [3.05, 3.63) is 105 Å². The van der Waals surface area contributed by atoms with Gasteiger partial charge in [-0.2, -0.15) is 0 Å². The SMILES string of the molecule is O=C(NS(=O)(=O)CCCCCCCCCCN1C(=O)c2ccccc2C1=O)c1ccc(N2C[C@@H]3C[C@H]2C[C@H]3OCc2c(-c3c(Cl)cccc3Cl)noc2C2CC2)c(F)c1. The summed E-state index contributed by atoms with van der Waals surface area (Å²) in [7, 11) is -3.90. The highest BCUT2D eigenvalue weighted by atomic mass is 35.5. The first-order valence-corrected chi connectivity index (χ1v) is 23.0. The Balaban J connectivity index is 0.743. The third-order valence-electron chi connectivity index (χ3n) is 12.1. The molecule has 0 unspecified atom stereocenters. The van der Waals surface area contributed by atoms with Gasteiger partial charge in [-0.25, -0.2) is 17.5 Å². The Morgan fingerprint density at radius 1 is 0.881 bits per heavy atom. The van der Waals surface area contributed by atoms with Gasteiger partial charge in [0.25, 0.3) is 17.7 Å². The minimum Gasteiger partial charge on any atom is -0.373 e. The first kappa shape index (κ1) is 41.4. The fourth-order valence-corrected chi connectivity index (χ4v) is 10.5. The molecule has 1 saturated heterocycles. The number of nitrogens with one attached hydrogen (secondary N) is 1. The van der Waals surface area contributed by atoms with Crippen LogP contribution in [0.15, 0.2) is 65.2 Å². The van der Waals surface area contributed by atoms with Gasteiger partial charge < -0.3 is 14.2 Å². The van der Waals surface area contributed by atoms with Gasteiger partial charge in [0.05, 0.1) is 45.3 Å². The van der Waals surface area contributed by atoms with E-state index in [9.17, 15) is 22.8 Å². The highest BCUT2D eigenvalue weighted by Crippen LogP contribution is 2.47. The number of hydrogen-bond acceptors (Lipinski definition) is 9. The van der Waals surface area contributed by atoms with Crippen molar-refractivity contribution in [1.29, 1.82) is 0 Å². The van der Waals surface area contributed by atoms with Crippen LogP contribution >= 0.6 is 23.2 Å². The first-order valence-electron chi connectivity index (χ1n) is 20.6. The summed E-state index contributed by atoms with van der Waals surface area (Å²) in [5, 5.41) is 5.34. The highest BCUT2D eigenvalue weighted by molar-refractivity contribution is 7.90. The number of halogens is 3. The molecule has 312 valence electrons. The number of carbonyl (C=O) groups excluding carboxylic acids is 3. The average molecular weight is 866 g/mol. The maximum atomic E-state index is 15.5. The fraction of sp³-hybridized carbons (Fsp3) is 0.455. The van der Waals surface area contributed by atoms with Gasteiger partial charge in [-0.05, 0) is 81.0 Å². The Morgan fingerprint density at radius 2 is 1.54 bits per heavy atom. The summed E-state index contributed by atoms with van der Waals surface area (Å²) in [6.45, 7) is 1.29. The molecule has 3 atom stereocenters. The summed E-state index contributed by atoms with van der Waals surface area (Å²) in [5.41, 5.74) is 3.35. The van der Waals surface area contributed by atoms with E-state index in [1.54, 1.807) is 48.5 Å². The van der Waals surface area contributed by atoms with Crippen molar-refractivity contribution in [2.45, 2.75) is 102 Å². The second-order valence-corrected chi connectivity index (χ2v) is 18.8. The Bertz CT molecular complexity index is 2300. The lowest BCUT2D eigenvalue weighted by atomic mass is 10.0. The van der Waals surface area contributed by atoms with Crippen molar-refractivity contribution in [1.82, 2.24) is 14.8 Å². The van der Waals surface area contributed by atoms with E-state index >= 15 is 4.39 Å². The van der Waals surface area contributed by atoms with Crippen LogP contribution in [0.5, 0.6) is 0 Å². The van der Waals surface area contributed by atoms with Crippen LogP contribution in [0.1, 0.15) is 125 Å². The number of sulfonamides is 1. The topological polar surface area (TPSA) is 139 Å². The Kier molecular flexibility index (Phi) is 12.5. The van der Waals surface area contributed by atoms with Gasteiger partial charge in [0.15, 0.2) is 0 Å². The lowest BCUT2D eigenvalue weighted by Crippen LogP contribution is -2.39. The number of unbranched alkanes of at least 4 members (excludes halogenated alkanes) is 7. The number of piperidine rings is 1. The molecule has 3 fully saturated rings. The van der Waals surface area contributed by atoms with Gasteiger partial charge in [0, 0.05) is 47.7 Å². The minimum atomic E-state index is -3.90. The number of imide groups is 1. The fourth-order valence-electron chi connectivity index (χ4n) is 8.84. The van der Waals surface area contributed by atoms with Gasteiger partial charge in [-0.3, -0.25) is 19.3 Å². The number of fused-ring (bicyclic) bond motifs is 3. The standard InChI is InChI=1S/C44H47Cl2FN4O7S/c45-34-14-11-15-35(46)39(34)40-33(41(58-48-40)27-16-17-27)26-57-38-24-30-22-29(38)25-51(30)37-19-18-28(23-36(37)47)42(52)49-59(55,56)21-10-6-4-2-1-3-5-9-20-50-43(53)31-12-7-8-13-32(31)44(50)54/h7-8,11-15,18-19,23,27,29-30,38H,1-6,9-10,16-17,20-22,24-26H2,(H,49,52)/t29-,30-,38+/m0/s1. The number of nitrogens with zero attached hydrogens (tertiary/aromatic N) is 3. The number of aromatic nitrogens is 1. The van der Waals surface area contributed by atoms with Gasteiger partial charge in [0.2, 0.25) is 10.0 Å². The number of amides is 3. The largest absolute Gasteiger partial charge is 0.373 e. The second-order valence-electron chi connectivity index (χ2n) is 16.2. The summed E-state index contributed by atoms with van der Waals surface area (Å²) < 4.78 is 55.4. The molecule has 2 bridgehead atoms. The van der Waals surface area contributed by atoms with E-state index in [1.807, 2.05) is 4.90 Å². The summed E-state index contributed by atoms with van der Waals surface area (Å²) in [4.78, 5) is 41.2. The molecule has 4 aliphatic rings. The monoisotopic (exact) mass is 864 g/mol. The maximum absolute atomic E-state index is 15.5. The van der Waals surface area contributed by atoms with Crippen molar-refractivity contribution in [3.63, 3.8) is 0 Å². The second kappa shape index (κ2) is 17.7. The average Bonchev–Trinajstić information content (AvgIpc) is 3.54. The Hall–Kier alpha value is -4.30. The lowest BCUT2D eigenvalue weighted by Gasteiger charge is -2.33. The maximum Gasteiger partial charge on any atom is 0.264 e. The van der Waals surface area contributed by atoms with Crippen molar-refractivity contribution in [3.8, 4) is 11.3 Å². The normalized spacial score (nSPS) is 19.9. The minimum absolute atomic E-state index is 0.0383. The molecule has 1 aromatic heterocycles. The van der Waals surface area contributed by atoms with E-state index in [-0.39, 0.29) is 41.2 Å². The quantitative estimate of drug-likeness (QED) is 0.0722. The van der Waals surface area contributed by atoms with Crippen LogP contribution in [-0.4, -0.2) is 67.2 Å². The van der Waals surface area contributed by atoms with Crippen LogP contribution in [0.4, 0.5) is 10.1 Å². The number of anilines is 1. The molecule has 0 radical (unpaired) electrons. The van der Waals surface area contributed by atoms with Crippen LogP contribution in [0.2, 0.25) is 10.0 Å². The van der Waals surface area contributed by atoms with Crippen molar-refractivity contribution < 1.29 is 36.5 Å². The smallest absolute Gasteiger partial charge is 0.264 e. The van der Waals surface area contributed by atoms with Crippen molar-refractivity contribution in [2.24, 2.45) is 5.92 Å². The van der Waals surface area contributed by atoms with Crippen LogP contribution < -0.4 is 9.62 Å². The molecule has 59 heavy (non-hydrogen) atoms. The zero-order valence-corrected chi connectivity index (χ0v) is 35.0. The Labute approximate surface area is 353 Å². The molecule has 3 aromatic carbocycles. The first-order chi connectivity index (χ1) is 28.5. The molecule has 2 aliphatic carbocycles. The zero-order chi connectivity index (χ0) is 41.3. The van der Waals surface area contributed by atoms with Crippen molar-refractivity contribution >= 4 is 56.6 Å². The molecule has 4 aromatic rings. The van der Waals surface area contributed by atoms with Gasteiger partial charge in [-0.1, -0.05) is 85.1 Å². The molecule has 11 nitrogen and oxygen atoms in total. The third-order valence-corrected chi connectivity index (χ3v) is 14.0. The predicted molar refractivity (Wildman–Crippen MR) is 223 cm³/mol. The van der Waals surface area contributed by atoms with E-state index in [0.29, 0.717) is 83.0 Å². The number of hydrogen-bond donors (Lipinski definition) is 1. The summed E-state index contributed by atoms with van der Waals surface area (Å²) >= 11 is 13.1. The van der Waals surface area contributed by atoms with E-state index in [1.165, 1.54) is 11.0 Å². The molecule has 3 amide bonds. The van der Waals surface area contributed by atoms with E-state index in [4.69, 9.17) is 32.5 Å². The van der Waals surface area contributed by atoms with Gasteiger partial charge >= 0.3 is 0 Å². The molecule has 0 spiro atoms. The summed E-state index contributed by atoms with van der Waals surface area (Å²) in [6.07, 6.45) is 9.99. The van der Waals surface area contributed by atoms with Gasteiger partial charge in [0.1, 0.15) is 17.3 Å². The predicted octanol–water partition coefficient (Wildman–Crippen LogP) is 9.33. The van der Waals surface area contributed by atoms with E-state index in [0.717, 1.165) is 75.2 Å². The van der Waals surface area contributed by atoms with E-state index in [2.05, 4.69) is 9.88 Å². The number of benzene rings is 3. The molecule has 3 heterocycles. The van der Waals surface area contributed by atoms with Gasteiger partial charge in [-0.15, -0.1) is 0 Å². The van der Waals surface area contributed by atoms with Crippen LogP contribution in [0.3, 0.4) is 0 Å². The molecule has 1 N–H and O–H groups in total. The molecule has 15 heteroatoms. The van der Waals surface area contributed by atoms with Crippen LogP contribution in [0, 0.1) is 11.7 Å². The zero-order valence-electron chi connectivity index (χ0n) is 32.6. The molecular formula is C44H47Cl2FN4O7S. The van der Waals surface area contributed by atoms with Crippen LogP contribution in [0.25, 0.3) is 11.3 Å². The van der Waals surface area contributed by atoms with Crippen molar-refractivity contribution in [2.75, 3.05) is 23.7 Å². The summed E-state index contributed by atoms with van der Waals surface area (Å²) in [5.74, 6) is -0.798. The lowest BCUT2D eigenvalue weighted by molar-refractivity contribution is 0.0122.